The van der Waals surface area contributed by atoms with Crippen LogP contribution in [0.1, 0.15) is 25.7 Å². The third kappa shape index (κ3) is 2.70. The lowest BCUT2D eigenvalue weighted by atomic mass is 9.70. The Morgan fingerprint density at radius 2 is 2.20 bits per heavy atom. The van der Waals surface area contributed by atoms with Gasteiger partial charge in [0.25, 0.3) is 0 Å². The zero-order chi connectivity index (χ0) is 10.6. The summed E-state index contributed by atoms with van der Waals surface area (Å²) in [6, 6.07) is 0. The number of hydrogen-bond donors (Lipinski definition) is 1. The van der Waals surface area contributed by atoms with Gasteiger partial charge in [-0.1, -0.05) is 30.7 Å². The first kappa shape index (κ1) is 10.9. The summed E-state index contributed by atoms with van der Waals surface area (Å²) in [5.74, 6) is 0.533. The van der Waals surface area contributed by atoms with Crippen LogP contribution in [-0.2, 0) is 4.74 Å². The van der Waals surface area contributed by atoms with Gasteiger partial charge in [-0.25, -0.2) is 0 Å². The summed E-state index contributed by atoms with van der Waals surface area (Å²) < 4.78 is 5.73. The lowest BCUT2D eigenvalue weighted by molar-refractivity contribution is -0.0474. The molecule has 2 aliphatic carbocycles. The summed E-state index contributed by atoms with van der Waals surface area (Å²) in [5, 5.41) is 9.27. The molecule has 2 aliphatic rings. The third-order valence-electron chi connectivity index (χ3n) is 3.56. The van der Waals surface area contributed by atoms with Gasteiger partial charge >= 0.3 is 0 Å². The summed E-state index contributed by atoms with van der Waals surface area (Å²) in [4.78, 5) is 0. The van der Waals surface area contributed by atoms with Crippen LogP contribution in [0.4, 0.5) is 0 Å². The van der Waals surface area contributed by atoms with Gasteiger partial charge in [0.2, 0.25) is 0 Å². The highest BCUT2D eigenvalue weighted by atomic mass is 16.5. The van der Waals surface area contributed by atoms with Gasteiger partial charge in [0.15, 0.2) is 0 Å². The zero-order valence-corrected chi connectivity index (χ0v) is 9.19. The summed E-state index contributed by atoms with van der Waals surface area (Å²) in [5.41, 5.74) is 0.105. The smallest absolute Gasteiger partial charge is 0.0544 e. The Morgan fingerprint density at radius 1 is 1.33 bits per heavy atom. The van der Waals surface area contributed by atoms with Crippen LogP contribution < -0.4 is 0 Å². The number of hydrogen-bond acceptors (Lipinski definition) is 2. The minimum Gasteiger partial charge on any atom is -0.396 e. The van der Waals surface area contributed by atoms with Crippen molar-refractivity contribution in [2.24, 2.45) is 11.3 Å². The molecule has 2 heteroatoms. The van der Waals surface area contributed by atoms with Crippen molar-refractivity contribution in [1.82, 2.24) is 0 Å². The van der Waals surface area contributed by atoms with Crippen molar-refractivity contribution in [2.75, 3.05) is 19.8 Å². The summed E-state index contributed by atoms with van der Waals surface area (Å²) in [7, 11) is 0. The monoisotopic (exact) mass is 208 g/mol. The van der Waals surface area contributed by atoms with Crippen LogP contribution in [0.2, 0.25) is 0 Å². The summed E-state index contributed by atoms with van der Waals surface area (Å²) in [6.07, 6.45) is 13.1. The molecule has 15 heavy (non-hydrogen) atoms. The van der Waals surface area contributed by atoms with Gasteiger partial charge in [0.05, 0.1) is 19.8 Å². The number of aliphatic hydroxyl groups excluding tert-OH is 1. The number of ether oxygens (including phenoxy) is 1. The molecular weight excluding hydrogens is 188 g/mol. The minimum atomic E-state index is 0.105. The van der Waals surface area contributed by atoms with Crippen molar-refractivity contribution in [2.45, 2.75) is 25.7 Å². The van der Waals surface area contributed by atoms with E-state index in [1.807, 2.05) is 0 Å². The molecule has 0 aromatic rings. The Kier molecular flexibility index (Phi) is 3.60. The molecule has 0 amide bonds. The highest BCUT2D eigenvalue weighted by molar-refractivity contribution is 5.10. The van der Waals surface area contributed by atoms with E-state index >= 15 is 0 Å². The topological polar surface area (TPSA) is 29.5 Å². The van der Waals surface area contributed by atoms with E-state index in [1.54, 1.807) is 0 Å². The van der Waals surface area contributed by atoms with Crippen molar-refractivity contribution >= 4 is 0 Å². The number of allylic oxidation sites excluding steroid dienone is 3. The molecule has 1 fully saturated rings. The van der Waals surface area contributed by atoms with Gasteiger partial charge in [-0.2, -0.15) is 0 Å². The van der Waals surface area contributed by atoms with E-state index in [-0.39, 0.29) is 12.0 Å². The lowest BCUT2D eigenvalue weighted by Crippen LogP contribution is -2.38. The number of rotatable bonds is 5. The molecule has 1 unspecified atom stereocenters. The van der Waals surface area contributed by atoms with Gasteiger partial charge in [0, 0.05) is 11.3 Å². The van der Waals surface area contributed by atoms with Crippen molar-refractivity contribution in [3.05, 3.63) is 24.3 Å². The fraction of sp³-hybridized carbons (Fsp3) is 0.692. The van der Waals surface area contributed by atoms with Crippen molar-refractivity contribution < 1.29 is 9.84 Å². The molecular formula is C13H20O2. The first-order chi connectivity index (χ1) is 7.35. The van der Waals surface area contributed by atoms with Gasteiger partial charge in [-0.15, -0.1) is 0 Å². The average Bonchev–Trinajstić information content (AvgIpc) is 2.24. The second-order valence-corrected chi connectivity index (χ2v) is 4.84. The molecule has 0 aromatic carbocycles. The van der Waals surface area contributed by atoms with Gasteiger partial charge in [-0.3, -0.25) is 0 Å². The Hall–Kier alpha value is -0.600. The van der Waals surface area contributed by atoms with E-state index in [0.717, 1.165) is 32.5 Å². The molecule has 0 bridgehead atoms. The molecule has 0 aromatic heterocycles. The molecule has 0 radical (unpaired) electrons. The van der Waals surface area contributed by atoms with Crippen molar-refractivity contribution in [3.8, 4) is 0 Å². The second kappa shape index (κ2) is 4.95. The predicted molar refractivity (Wildman–Crippen MR) is 60.6 cm³/mol. The highest BCUT2D eigenvalue weighted by Crippen LogP contribution is 2.40. The van der Waals surface area contributed by atoms with Crippen LogP contribution in [0.3, 0.4) is 0 Å². The van der Waals surface area contributed by atoms with E-state index in [9.17, 15) is 5.11 Å². The molecule has 0 aliphatic heterocycles. The fourth-order valence-electron chi connectivity index (χ4n) is 2.21. The van der Waals surface area contributed by atoms with E-state index in [0.29, 0.717) is 5.92 Å². The van der Waals surface area contributed by atoms with Crippen LogP contribution in [0.25, 0.3) is 0 Å². The molecule has 0 heterocycles. The Bertz CT molecular complexity index is 246. The number of aliphatic hydroxyl groups is 1. The summed E-state index contributed by atoms with van der Waals surface area (Å²) >= 11 is 0. The maximum absolute atomic E-state index is 9.27. The molecule has 2 nitrogen and oxygen atoms in total. The molecule has 0 spiro atoms. The third-order valence-corrected chi connectivity index (χ3v) is 3.56. The first-order valence-electron chi connectivity index (χ1n) is 5.87. The van der Waals surface area contributed by atoms with Crippen LogP contribution in [0, 0.1) is 11.3 Å². The van der Waals surface area contributed by atoms with E-state index < -0.39 is 0 Å². The summed E-state index contributed by atoms with van der Waals surface area (Å²) in [6.45, 7) is 1.81. The lowest BCUT2D eigenvalue weighted by Gasteiger charge is -2.40. The Morgan fingerprint density at radius 3 is 2.73 bits per heavy atom. The predicted octanol–water partition coefficient (Wildman–Crippen LogP) is 2.30. The maximum Gasteiger partial charge on any atom is 0.0544 e. The van der Waals surface area contributed by atoms with E-state index in [2.05, 4.69) is 24.3 Å². The Balaban J connectivity index is 1.66. The van der Waals surface area contributed by atoms with Gasteiger partial charge in [0.1, 0.15) is 0 Å². The van der Waals surface area contributed by atoms with Crippen LogP contribution in [0.5, 0.6) is 0 Å². The van der Waals surface area contributed by atoms with Gasteiger partial charge in [-0.05, 0) is 19.3 Å². The molecule has 1 saturated carbocycles. The normalized spacial score (nSPS) is 27.7. The van der Waals surface area contributed by atoms with Crippen LogP contribution in [-0.4, -0.2) is 24.9 Å². The van der Waals surface area contributed by atoms with Crippen molar-refractivity contribution in [1.29, 1.82) is 0 Å². The largest absolute Gasteiger partial charge is 0.396 e. The highest BCUT2D eigenvalue weighted by Gasteiger charge is 2.36. The van der Waals surface area contributed by atoms with Crippen molar-refractivity contribution in [3.63, 3.8) is 0 Å². The van der Waals surface area contributed by atoms with E-state index in [4.69, 9.17) is 4.74 Å². The molecule has 0 saturated heterocycles. The molecule has 1 N–H and O–H groups in total. The maximum atomic E-state index is 9.27. The quantitative estimate of drug-likeness (QED) is 0.751. The SMILES string of the molecule is OCC1(COCC2C=CC=CC2)CCC1. The van der Waals surface area contributed by atoms with Crippen LogP contribution in [0.15, 0.2) is 24.3 Å². The van der Waals surface area contributed by atoms with Gasteiger partial charge < -0.3 is 9.84 Å². The van der Waals surface area contributed by atoms with E-state index in [1.165, 1.54) is 6.42 Å². The Labute approximate surface area is 91.6 Å². The zero-order valence-electron chi connectivity index (χ0n) is 9.19. The molecule has 84 valence electrons. The molecule has 1 atom stereocenters. The fourth-order valence-corrected chi connectivity index (χ4v) is 2.21. The second-order valence-electron chi connectivity index (χ2n) is 4.84. The standard InChI is InChI=1S/C13H20O2/c14-10-13(7-4-8-13)11-15-9-12-5-2-1-3-6-12/h1-3,5,12,14H,4,6-11H2. The average molecular weight is 208 g/mol. The van der Waals surface area contributed by atoms with Crippen LogP contribution >= 0.6 is 0 Å². The molecule has 2 rings (SSSR count). The first-order valence-corrected chi connectivity index (χ1v) is 5.87. The minimum absolute atomic E-state index is 0.105.